The van der Waals surface area contributed by atoms with Gasteiger partial charge in [0.1, 0.15) is 5.75 Å². The molecular weight excluding hydrogens is 281 g/mol. The second-order valence-electron chi connectivity index (χ2n) is 2.50. The molecule has 1 rings (SSSR count). The normalized spacial score (nSPS) is 11.6. The summed E-state index contributed by atoms with van der Waals surface area (Å²) in [5.74, 6) is 0.0926. The molecule has 0 radical (unpaired) electrons. The summed E-state index contributed by atoms with van der Waals surface area (Å²) in [7, 11) is 1.29. The molecule has 0 heterocycles. The Morgan fingerprint density at radius 3 is 2.36 bits per heavy atom. The number of thiol groups is 1. The van der Waals surface area contributed by atoms with Crippen molar-refractivity contribution in [1.29, 1.82) is 0 Å². The topological polar surface area (TPSA) is 9.23 Å². The van der Waals surface area contributed by atoms with Gasteiger partial charge in [-0.05, 0) is 12.1 Å². The van der Waals surface area contributed by atoms with Gasteiger partial charge in [-0.3, -0.25) is 0 Å². The maximum Gasteiger partial charge on any atom is 0.417 e. The van der Waals surface area contributed by atoms with Gasteiger partial charge in [0.15, 0.2) is 0 Å². The molecule has 0 spiro atoms. The van der Waals surface area contributed by atoms with Crippen LogP contribution in [0.3, 0.4) is 0 Å². The van der Waals surface area contributed by atoms with E-state index in [-0.39, 0.29) is 10.6 Å². The highest BCUT2D eigenvalue weighted by atomic mass is 79.9. The van der Waals surface area contributed by atoms with E-state index in [0.29, 0.717) is 4.47 Å². The molecule has 1 nitrogen and oxygen atoms in total. The molecule has 0 aliphatic carbocycles. The van der Waals surface area contributed by atoms with Crippen LogP contribution < -0.4 is 4.74 Å². The zero-order valence-corrected chi connectivity index (χ0v) is 9.50. The van der Waals surface area contributed by atoms with E-state index in [1.807, 2.05) is 0 Å². The summed E-state index contributed by atoms with van der Waals surface area (Å²) < 4.78 is 42.3. The maximum atomic E-state index is 12.4. The molecular formula is C8H6BrF3OS. The van der Waals surface area contributed by atoms with Crippen LogP contribution in [0.25, 0.3) is 0 Å². The Balaban J connectivity index is 3.37. The van der Waals surface area contributed by atoms with Crippen LogP contribution in [-0.2, 0) is 6.18 Å². The summed E-state index contributed by atoms with van der Waals surface area (Å²) in [5.41, 5.74) is -0.813. The molecule has 1 aromatic carbocycles. The first kappa shape index (κ1) is 11.7. The van der Waals surface area contributed by atoms with E-state index >= 15 is 0 Å². The Hall–Kier alpha value is -0.360. The zero-order chi connectivity index (χ0) is 10.9. The Labute approximate surface area is 92.8 Å². The quantitative estimate of drug-likeness (QED) is 0.774. The Kier molecular flexibility index (Phi) is 3.36. The van der Waals surface area contributed by atoms with Gasteiger partial charge in [0, 0.05) is 4.47 Å². The SMILES string of the molecule is COc1cc(Br)cc(C(F)(F)F)c1S. The highest BCUT2D eigenvalue weighted by Crippen LogP contribution is 2.40. The number of methoxy groups -OCH3 is 1. The fraction of sp³-hybridized carbons (Fsp3) is 0.250. The number of alkyl halides is 3. The number of ether oxygens (including phenoxy) is 1. The van der Waals surface area contributed by atoms with Crippen molar-refractivity contribution in [3.63, 3.8) is 0 Å². The second-order valence-corrected chi connectivity index (χ2v) is 3.86. The van der Waals surface area contributed by atoms with E-state index in [2.05, 4.69) is 28.6 Å². The molecule has 6 heteroatoms. The average Bonchev–Trinajstić information content (AvgIpc) is 2.06. The lowest BCUT2D eigenvalue weighted by molar-refractivity contribution is -0.139. The summed E-state index contributed by atoms with van der Waals surface area (Å²) in [4.78, 5) is -0.205. The lowest BCUT2D eigenvalue weighted by atomic mass is 10.2. The van der Waals surface area contributed by atoms with Crippen molar-refractivity contribution in [3.05, 3.63) is 22.2 Å². The van der Waals surface area contributed by atoms with Gasteiger partial charge in [-0.15, -0.1) is 12.6 Å². The zero-order valence-electron chi connectivity index (χ0n) is 7.02. The highest BCUT2D eigenvalue weighted by Gasteiger charge is 2.34. The second kappa shape index (κ2) is 4.02. The standard InChI is InChI=1S/C8H6BrF3OS/c1-13-6-3-4(9)2-5(7(6)14)8(10,11)12/h2-3,14H,1H3. The molecule has 0 saturated carbocycles. The van der Waals surface area contributed by atoms with Crippen LogP contribution in [0, 0.1) is 0 Å². The van der Waals surface area contributed by atoms with Crippen LogP contribution in [0.1, 0.15) is 5.56 Å². The summed E-state index contributed by atoms with van der Waals surface area (Å²) in [6.07, 6.45) is -4.42. The molecule has 1 aromatic rings. The van der Waals surface area contributed by atoms with Gasteiger partial charge in [0.2, 0.25) is 0 Å². The number of benzene rings is 1. The predicted octanol–water partition coefficient (Wildman–Crippen LogP) is 3.77. The molecule has 0 N–H and O–H groups in total. The Morgan fingerprint density at radius 2 is 1.93 bits per heavy atom. The maximum absolute atomic E-state index is 12.4. The molecule has 0 aromatic heterocycles. The van der Waals surface area contributed by atoms with Gasteiger partial charge in [0.25, 0.3) is 0 Å². The van der Waals surface area contributed by atoms with Gasteiger partial charge < -0.3 is 4.74 Å². The van der Waals surface area contributed by atoms with Gasteiger partial charge in [-0.1, -0.05) is 15.9 Å². The molecule has 0 unspecified atom stereocenters. The largest absolute Gasteiger partial charge is 0.496 e. The third-order valence-electron chi connectivity index (χ3n) is 1.57. The number of hydrogen-bond donors (Lipinski definition) is 1. The van der Waals surface area contributed by atoms with Gasteiger partial charge in [0.05, 0.1) is 17.6 Å². The Morgan fingerprint density at radius 1 is 1.36 bits per heavy atom. The summed E-state index contributed by atoms with van der Waals surface area (Å²) in [6, 6.07) is 2.39. The number of rotatable bonds is 1. The fourth-order valence-corrected chi connectivity index (χ4v) is 1.73. The smallest absolute Gasteiger partial charge is 0.417 e. The monoisotopic (exact) mass is 286 g/mol. The van der Waals surface area contributed by atoms with E-state index in [9.17, 15) is 13.2 Å². The van der Waals surface area contributed by atoms with Crippen molar-refractivity contribution in [2.75, 3.05) is 7.11 Å². The summed E-state index contributed by atoms with van der Waals surface area (Å²) in [5, 5.41) is 0. The van der Waals surface area contributed by atoms with E-state index < -0.39 is 11.7 Å². The van der Waals surface area contributed by atoms with Crippen molar-refractivity contribution >= 4 is 28.6 Å². The first-order valence-electron chi connectivity index (χ1n) is 3.50. The van der Waals surface area contributed by atoms with Gasteiger partial charge in [-0.25, -0.2) is 0 Å². The van der Waals surface area contributed by atoms with E-state index in [4.69, 9.17) is 4.74 Å². The molecule has 0 saturated heterocycles. The van der Waals surface area contributed by atoms with Crippen LogP contribution in [0.5, 0.6) is 5.75 Å². The lowest BCUT2D eigenvalue weighted by Crippen LogP contribution is -2.07. The van der Waals surface area contributed by atoms with Crippen molar-refractivity contribution in [2.45, 2.75) is 11.1 Å². The summed E-state index contributed by atoms with van der Waals surface area (Å²) >= 11 is 6.73. The summed E-state index contributed by atoms with van der Waals surface area (Å²) in [6.45, 7) is 0. The Bertz CT molecular complexity index is 351. The first-order valence-corrected chi connectivity index (χ1v) is 4.74. The van der Waals surface area contributed by atoms with E-state index in [1.165, 1.54) is 13.2 Å². The van der Waals surface area contributed by atoms with E-state index in [0.717, 1.165) is 6.07 Å². The van der Waals surface area contributed by atoms with Crippen molar-refractivity contribution in [2.24, 2.45) is 0 Å². The molecule has 78 valence electrons. The first-order chi connectivity index (χ1) is 6.36. The van der Waals surface area contributed by atoms with Crippen molar-refractivity contribution in [3.8, 4) is 5.75 Å². The number of halogens is 4. The fourth-order valence-electron chi connectivity index (χ4n) is 0.946. The van der Waals surface area contributed by atoms with Crippen LogP contribution in [0.15, 0.2) is 21.5 Å². The minimum Gasteiger partial charge on any atom is -0.496 e. The lowest BCUT2D eigenvalue weighted by Gasteiger charge is -2.13. The van der Waals surface area contributed by atoms with Crippen molar-refractivity contribution < 1.29 is 17.9 Å². The van der Waals surface area contributed by atoms with Crippen molar-refractivity contribution in [1.82, 2.24) is 0 Å². The predicted molar refractivity (Wildman–Crippen MR) is 52.9 cm³/mol. The molecule has 0 aliphatic rings. The minimum absolute atomic E-state index is 0.0926. The van der Waals surface area contributed by atoms with Crippen LogP contribution in [0.4, 0.5) is 13.2 Å². The third kappa shape index (κ3) is 2.36. The molecule has 0 bridgehead atoms. The molecule has 14 heavy (non-hydrogen) atoms. The van der Waals surface area contributed by atoms with Gasteiger partial charge in [-0.2, -0.15) is 13.2 Å². The van der Waals surface area contributed by atoms with Gasteiger partial charge >= 0.3 is 6.18 Å². The van der Waals surface area contributed by atoms with Crippen LogP contribution >= 0.6 is 28.6 Å². The van der Waals surface area contributed by atoms with E-state index in [1.54, 1.807) is 0 Å². The third-order valence-corrected chi connectivity index (χ3v) is 2.48. The molecule has 0 aliphatic heterocycles. The minimum atomic E-state index is -4.42. The molecule has 0 amide bonds. The average molecular weight is 287 g/mol. The number of hydrogen-bond acceptors (Lipinski definition) is 2. The van der Waals surface area contributed by atoms with Crippen LogP contribution in [0.2, 0.25) is 0 Å². The molecule has 0 fully saturated rings. The highest BCUT2D eigenvalue weighted by molar-refractivity contribution is 9.10. The van der Waals surface area contributed by atoms with Crippen LogP contribution in [-0.4, -0.2) is 7.11 Å². The molecule has 0 atom stereocenters.